The van der Waals surface area contributed by atoms with Crippen LogP contribution in [-0.2, 0) is 20.4 Å². The zero-order chi connectivity index (χ0) is 29.8. The van der Waals surface area contributed by atoms with Crippen LogP contribution < -0.4 is 10.6 Å². The molecule has 3 fully saturated rings. The number of anilines is 2. The number of nitrogen functional groups attached to an aromatic ring is 1. The summed E-state index contributed by atoms with van der Waals surface area (Å²) in [7, 11) is -4.01. The van der Waals surface area contributed by atoms with Gasteiger partial charge in [0.25, 0.3) is 5.60 Å². The minimum absolute atomic E-state index is 0.00583. The molecule has 5 rings (SSSR count). The van der Waals surface area contributed by atoms with Gasteiger partial charge in [-0.1, -0.05) is 0 Å². The van der Waals surface area contributed by atoms with Crippen LogP contribution in [0.5, 0.6) is 0 Å². The molecule has 2 unspecified atom stereocenters. The summed E-state index contributed by atoms with van der Waals surface area (Å²) in [5.41, 5.74) is -1.17. The monoisotopic (exact) mass is 611 g/mol. The van der Waals surface area contributed by atoms with Gasteiger partial charge in [0.2, 0.25) is 16.0 Å². The first kappa shape index (κ1) is 29.7. The lowest BCUT2D eigenvalue weighted by Crippen LogP contribution is -2.61. The lowest BCUT2D eigenvalue weighted by Gasteiger charge is -2.45. The van der Waals surface area contributed by atoms with Crippen LogP contribution in [0, 0.1) is 0 Å². The van der Waals surface area contributed by atoms with Gasteiger partial charge in [0, 0.05) is 62.4 Å². The smallest absolute Gasteiger partial charge is 0.384 e. The summed E-state index contributed by atoms with van der Waals surface area (Å²) in [6.45, 7) is 1.16. The van der Waals surface area contributed by atoms with Crippen molar-refractivity contribution in [3.8, 4) is 0 Å². The number of piperazine rings is 1. The predicted octanol–water partition coefficient (Wildman–Crippen LogP) is 1.51. The first-order valence-corrected chi connectivity index (χ1v) is 14.1. The molecule has 2 bridgehead atoms. The molecule has 0 aliphatic carbocycles. The molecular formula is C23H27F6N7O4S. The largest absolute Gasteiger partial charge is 0.430 e. The van der Waals surface area contributed by atoms with Crippen LogP contribution in [0.1, 0.15) is 18.4 Å². The third kappa shape index (κ3) is 5.31. The van der Waals surface area contributed by atoms with Crippen LogP contribution >= 0.6 is 0 Å². The van der Waals surface area contributed by atoms with E-state index in [1.165, 1.54) is 16.4 Å². The van der Waals surface area contributed by atoms with Gasteiger partial charge < -0.3 is 20.5 Å². The zero-order valence-electron chi connectivity index (χ0n) is 21.4. The minimum atomic E-state index is -6.08. The maximum absolute atomic E-state index is 13.4. The number of aromatic nitrogens is 3. The average Bonchev–Trinajstić information content (AvgIpc) is 3.12. The van der Waals surface area contributed by atoms with Crippen molar-refractivity contribution in [1.82, 2.24) is 24.2 Å². The van der Waals surface area contributed by atoms with Gasteiger partial charge in [0.1, 0.15) is 10.7 Å². The highest BCUT2D eigenvalue weighted by atomic mass is 32.2. The Kier molecular flexibility index (Phi) is 7.59. The fraction of sp³-hybridized carbons (Fsp3) is 0.609. The Balaban J connectivity index is 1.45. The van der Waals surface area contributed by atoms with Crippen LogP contribution in [-0.4, -0.2) is 108 Å². The molecule has 41 heavy (non-hydrogen) atoms. The Morgan fingerprint density at radius 2 is 1.56 bits per heavy atom. The summed E-state index contributed by atoms with van der Waals surface area (Å²) in [6, 6.07) is 2.23. The topological polar surface area (TPSA) is 138 Å². The lowest BCUT2D eigenvalue weighted by atomic mass is 9.95. The van der Waals surface area contributed by atoms with E-state index in [0.717, 1.165) is 19.0 Å². The molecule has 2 aromatic heterocycles. The number of rotatable bonds is 6. The molecule has 2 aromatic rings. The van der Waals surface area contributed by atoms with Crippen molar-refractivity contribution in [1.29, 1.82) is 0 Å². The fourth-order valence-electron chi connectivity index (χ4n) is 5.56. The van der Waals surface area contributed by atoms with Gasteiger partial charge in [-0.25, -0.2) is 23.4 Å². The van der Waals surface area contributed by atoms with Gasteiger partial charge in [0.05, 0.1) is 19.3 Å². The Bertz CT molecular complexity index is 1310. The van der Waals surface area contributed by atoms with Crippen LogP contribution in [0.15, 0.2) is 35.6 Å². The number of halogens is 6. The van der Waals surface area contributed by atoms with E-state index >= 15 is 0 Å². The number of hydrogen-bond donors (Lipinski definition) is 2. The highest BCUT2D eigenvalue weighted by Crippen LogP contribution is 2.49. The second-order valence-electron chi connectivity index (χ2n) is 10.2. The molecule has 3 aliphatic rings. The summed E-state index contributed by atoms with van der Waals surface area (Å²) < 4.78 is 114. The van der Waals surface area contributed by atoms with Gasteiger partial charge in [-0.15, -0.1) is 0 Å². The second-order valence-corrected chi connectivity index (χ2v) is 12.2. The van der Waals surface area contributed by atoms with E-state index in [0.29, 0.717) is 32.2 Å². The van der Waals surface area contributed by atoms with E-state index in [-0.39, 0.29) is 48.4 Å². The summed E-state index contributed by atoms with van der Waals surface area (Å²) in [5.74, 6) is -0.0600. The Morgan fingerprint density at radius 1 is 0.951 bits per heavy atom. The standard InChI is InChI=1S/C23H27F6N7O4S/c24-22(25,26)21(37,23(27,28)29)14-7-32-20(33-8-14)35-6-5-34(41(38,39)18-3-4-19(30)31-9-18)10-17(35)11-36-15-1-2-16(36)13-40-12-15/h3-4,7-9,15-17,37H,1-2,5-6,10-13H2,(H2,30,31)/t15?,16?,17-/m1/s1. The number of pyridine rings is 1. The highest BCUT2D eigenvalue weighted by molar-refractivity contribution is 7.89. The van der Waals surface area contributed by atoms with Crippen molar-refractivity contribution in [2.45, 2.75) is 53.8 Å². The SMILES string of the molecule is Nc1ccc(S(=O)(=O)N2CCN(c3ncc(C(O)(C(F)(F)F)C(F)(F)F)cn3)[C@@H](CN3C4CCC3COC4)C2)cn1. The third-order valence-electron chi connectivity index (χ3n) is 7.79. The van der Waals surface area contributed by atoms with Gasteiger partial charge in [-0.3, -0.25) is 4.90 Å². The van der Waals surface area contributed by atoms with Crippen LogP contribution in [0.4, 0.5) is 38.1 Å². The van der Waals surface area contributed by atoms with Gasteiger partial charge in [0.15, 0.2) is 0 Å². The minimum Gasteiger partial charge on any atom is -0.384 e. The molecule has 3 atom stereocenters. The maximum Gasteiger partial charge on any atom is 0.430 e. The number of alkyl halides is 6. The molecule has 0 spiro atoms. The van der Waals surface area contributed by atoms with Gasteiger partial charge >= 0.3 is 12.4 Å². The molecule has 226 valence electrons. The number of sulfonamides is 1. The number of ether oxygens (including phenoxy) is 1. The van der Waals surface area contributed by atoms with E-state index in [4.69, 9.17) is 10.5 Å². The first-order valence-electron chi connectivity index (χ1n) is 12.6. The van der Waals surface area contributed by atoms with Crippen LogP contribution in [0.3, 0.4) is 0 Å². The number of nitrogens with zero attached hydrogens (tertiary/aromatic N) is 6. The molecule has 3 N–H and O–H groups in total. The summed E-state index contributed by atoms with van der Waals surface area (Å²) in [5, 5.41) is 9.69. The van der Waals surface area contributed by atoms with E-state index < -0.39 is 39.6 Å². The number of morpholine rings is 1. The Morgan fingerprint density at radius 3 is 2.10 bits per heavy atom. The third-order valence-corrected chi connectivity index (χ3v) is 9.64. The fourth-order valence-corrected chi connectivity index (χ4v) is 6.97. The molecule has 0 amide bonds. The van der Waals surface area contributed by atoms with Crippen molar-refractivity contribution in [2.75, 3.05) is 50.0 Å². The molecule has 3 saturated heterocycles. The molecule has 5 heterocycles. The maximum atomic E-state index is 13.4. The van der Waals surface area contributed by atoms with E-state index in [9.17, 15) is 39.9 Å². The van der Waals surface area contributed by atoms with Crippen molar-refractivity contribution in [2.24, 2.45) is 0 Å². The van der Waals surface area contributed by atoms with Gasteiger partial charge in [-0.05, 0) is 25.0 Å². The normalized spacial score (nSPS) is 25.0. The zero-order valence-corrected chi connectivity index (χ0v) is 22.2. The van der Waals surface area contributed by atoms with Crippen molar-refractivity contribution in [3.63, 3.8) is 0 Å². The average molecular weight is 612 g/mol. The summed E-state index contributed by atoms with van der Waals surface area (Å²) in [6.07, 6.45) is -8.69. The van der Waals surface area contributed by atoms with Crippen LogP contribution in [0.2, 0.25) is 0 Å². The first-order chi connectivity index (χ1) is 19.1. The summed E-state index contributed by atoms with van der Waals surface area (Å²) in [4.78, 5) is 15.0. The number of aliphatic hydroxyl groups is 1. The van der Waals surface area contributed by atoms with Crippen molar-refractivity contribution in [3.05, 3.63) is 36.3 Å². The molecule has 0 aromatic carbocycles. The van der Waals surface area contributed by atoms with E-state index in [1.54, 1.807) is 4.90 Å². The summed E-state index contributed by atoms with van der Waals surface area (Å²) >= 11 is 0. The molecule has 0 radical (unpaired) electrons. The second kappa shape index (κ2) is 10.5. The highest BCUT2D eigenvalue weighted by Gasteiger charge is 2.71. The Hall–Kier alpha value is -2.80. The van der Waals surface area contributed by atoms with E-state index in [1.807, 2.05) is 0 Å². The lowest BCUT2D eigenvalue weighted by molar-refractivity contribution is -0.376. The van der Waals surface area contributed by atoms with Crippen LogP contribution in [0.25, 0.3) is 0 Å². The van der Waals surface area contributed by atoms with Crippen molar-refractivity contribution >= 4 is 21.8 Å². The quantitative estimate of drug-likeness (QED) is 0.463. The molecule has 3 aliphatic heterocycles. The molecule has 18 heteroatoms. The molecular weight excluding hydrogens is 584 g/mol. The Labute approximate surface area is 231 Å². The van der Waals surface area contributed by atoms with Gasteiger partial charge in [-0.2, -0.15) is 30.6 Å². The number of hydrogen-bond acceptors (Lipinski definition) is 10. The van der Waals surface area contributed by atoms with Crippen molar-refractivity contribution < 1.29 is 44.6 Å². The number of fused-ring (bicyclic) bond motifs is 2. The van der Waals surface area contributed by atoms with E-state index in [2.05, 4.69) is 19.9 Å². The molecule has 0 saturated carbocycles. The molecule has 11 nitrogen and oxygen atoms in total. The number of nitrogens with two attached hydrogens (primary N) is 1. The predicted molar refractivity (Wildman–Crippen MR) is 131 cm³/mol.